The van der Waals surface area contributed by atoms with E-state index in [9.17, 15) is 18.0 Å². The monoisotopic (exact) mass is 578 g/mol. The molecular weight excluding hydrogens is 553 g/mol. The highest BCUT2D eigenvalue weighted by molar-refractivity contribution is 5.67. The van der Waals surface area contributed by atoms with Gasteiger partial charge in [-0.2, -0.15) is 13.2 Å². The molecule has 0 aliphatic rings. The first-order valence-electron chi connectivity index (χ1n) is 12.9. The topological polar surface area (TPSA) is 113 Å². The Morgan fingerprint density at radius 3 is 2.48 bits per heavy atom. The Morgan fingerprint density at radius 2 is 1.81 bits per heavy atom. The number of ether oxygens (including phenoxy) is 2. The van der Waals surface area contributed by atoms with Crippen LogP contribution >= 0.6 is 0 Å². The Hall–Kier alpha value is -5.13. The van der Waals surface area contributed by atoms with Gasteiger partial charge in [0.15, 0.2) is 0 Å². The molecule has 9 nitrogen and oxygen atoms in total. The van der Waals surface area contributed by atoms with E-state index in [4.69, 9.17) is 19.0 Å². The lowest BCUT2D eigenvalue weighted by Crippen LogP contribution is -2.05. The van der Waals surface area contributed by atoms with Crippen LogP contribution in [0, 0.1) is 6.92 Å². The van der Waals surface area contributed by atoms with Crippen molar-refractivity contribution < 1.29 is 37.0 Å². The number of aryl methyl sites for hydroxylation is 2. The Labute approximate surface area is 238 Å². The molecule has 0 saturated heterocycles. The number of aliphatic carboxylic acids is 1. The zero-order valence-electron chi connectivity index (χ0n) is 22.3. The number of carboxylic acids is 1. The van der Waals surface area contributed by atoms with Crippen molar-refractivity contribution >= 4 is 5.97 Å². The van der Waals surface area contributed by atoms with Crippen molar-refractivity contribution in [2.24, 2.45) is 0 Å². The maximum atomic E-state index is 12.9. The highest BCUT2D eigenvalue weighted by atomic mass is 19.4. The van der Waals surface area contributed by atoms with Crippen molar-refractivity contribution in [3.05, 3.63) is 107 Å². The number of oxazole rings is 1. The molecule has 0 fully saturated rings. The third-order valence-corrected chi connectivity index (χ3v) is 6.23. The van der Waals surface area contributed by atoms with Gasteiger partial charge in [-0.3, -0.25) is 9.48 Å². The molecule has 5 rings (SSSR count). The van der Waals surface area contributed by atoms with Crippen molar-refractivity contribution in [2.45, 2.75) is 39.1 Å². The van der Waals surface area contributed by atoms with Gasteiger partial charge < -0.3 is 19.0 Å². The van der Waals surface area contributed by atoms with Gasteiger partial charge in [-0.15, -0.1) is 5.10 Å². The number of nitrogens with zero attached hydrogens (tertiary/aromatic N) is 4. The Bertz CT molecular complexity index is 1650. The Morgan fingerprint density at radius 1 is 1.05 bits per heavy atom. The quantitative estimate of drug-likeness (QED) is 0.184. The largest absolute Gasteiger partial charge is 0.487 e. The van der Waals surface area contributed by atoms with Crippen LogP contribution in [-0.4, -0.2) is 30.8 Å². The van der Waals surface area contributed by atoms with Gasteiger partial charge in [-0.05, 0) is 49.2 Å². The minimum atomic E-state index is -4.53. The minimum Gasteiger partial charge on any atom is -0.487 e. The van der Waals surface area contributed by atoms with Crippen LogP contribution in [0.5, 0.6) is 17.5 Å². The van der Waals surface area contributed by atoms with Crippen LogP contribution in [0.3, 0.4) is 0 Å². The highest BCUT2D eigenvalue weighted by Gasteiger charge is 2.30. The molecule has 0 aliphatic heterocycles. The van der Waals surface area contributed by atoms with Crippen molar-refractivity contribution in [3.8, 4) is 29.0 Å². The Balaban J connectivity index is 1.24. The van der Waals surface area contributed by atoms with E-state index in [-0.39, 0.29) is 31.2 Å². The van der Waals surface area contributed by atoms with Gasteiger partial charge in [-0.25, -0.2) is 9.97 Å². The fourth-order valence-electron chi connectivity index (χ4n) is 4.03. The van der Waals surface area contributed by atoms with Crippen molar-refractivity contribution in [3.63, 3.8) is 0 Å². The van der Waals surface area contributed by atoms with Crippen LogP contribution in [0.2, 0.25) is 0 Å². The van der Waals surface area contributed by atoms with Crippen LogP contribution < -0.4 is 9.47 Å². The van der Waals surface area contributed by atoms with E-state index in [0.717, 1.165) is 23.3 Å². The second-order valence-corrected chi connectivity index (χ2v) is 9.36. The number of carboxylic acid groups (broad SMARTS) is 1. The molecule has 0 unspecified atom stereocenters. The second-order valence-electron chi connectivity index (χ2n) is 9.36. The first kappa shape index (κ1) is 28.4. The molecule has 1 N–H and O–H groups in total. The number of pyridine rings is 1. The summed E-state index contributed by atoms with van der Waals surface area (Å²) in [6.07, 6.45) is -2.28. The van der Waals surface area contributed by atoms with Crippen LogP contribution in [0.15, 0.2) is 83.5 Å². The normalized spacial score (nSPS) is 11.4. The van der Waals surface area contributed by atoms with Gasteiger partial charge in [0.2, 0.25) is 17.7 Å². The molecule has 5 aromatic rings. The summed E-state index contributed by atoms with van der Waals surface area (Å²) in [5, 5.41) is 13.5. The van der Waals surface area contributed by atoms with Gasteiger partial charge in [0.25, 0.3) is 0 Å². The van der Waals surface area contributed by atoms with Crippen LogP contribution in [0.25, 0.3) is 11.5 Å². The summed E-state index contributed by atoms with van der Waals surface area (Å²) in [7, 11) is 0. The fourth-order valence-corrected chi connectivity index (χ4v) is 4.03. The van der Waals surface area contributed by atoms with Crippen LogP contribution in [0.4, 0.5) is 13.2 Å². The van der Waals surface area contributed by atoms with Crippen molar-refractivity contribution in [1.29, 1.82) is 0 Å². The summed E-state index contributed by atoms with van der Waals surface area (Å²) in [4.78, 5) is 19.4. The maximum Gasteiger partial charge on any atom is 0.417 e. The molecule has 0 aliphatic carbocycles. The summed E-state index contributed by atoms with van der Waals surface area (Å²) >= 11 is 0. The van der Waals surface area contributed by atoms with E-state index >= 15 is 0 Å². The van der Waals surface area contributed by atoms with Crippen LogP contribution in [-0.2, 0) is 30.5 Å². The van der Waals surface area contributed by atoms with Crippen molar-refractivity contribution in [2.75, 3.05) is 0 Å². The van der Waals surface area contributed by atoms with Crippen molar-refractivity contribution in [1.82, 2.24) is 19.7 Å². The second kappa shape index (κ2) is 12.2. The predicted octanol–water partition coefficient (Wildman–Crippen LogP) is 6.70. The lowest BCUT2D eigenvalue weighted by atomic mass is 10.2. The zero-order chi connectivity index (χ0) is 29.7. The third-order valence-electron chi connectivity index (χ3n) is 6.23. The summed E-state index contributed by atoms with van der Waals surface area (Å²) in [5.74, 6) is 0.802. The molecule has 0 saturated carbocycles. The van der Waals surface area contributed by atoms with E-state index < -0.39 is 17.7 Å². The maximum absolute atomic E-state index is 12.9. The number of aromatic nitrogens is 4. The first-order chi connectivity index (χ1) is 20.1. The van der Waals surface area contributed by atoms with Gasteiger partial charge in [0.05, 0.1) is 12.1 Å². The lowest BCUT2D eigenvalue weighted by Gasteiger charge is -2.07. The van der Waals surface area contributed by atoms with Gasteiger partial charge >= 0.3 is 12.1 Å². The minimum absolute atomic E-state index is 0.0707. The summed E-state index contributed by atoms with van der Waals surface area (Å²) in [5.41, 5.74) is 2.02. The van der Waals surface area contributed by atoms with E-state index in [1.54, 1.807) is 23.0 Å². The van der Waals surface area contributed by atoms with E-state index in [0.29, 0.717) is 41.4 Å². The highest BCUT2D eigenvalue weighted by Crippen LogP contribution is 2.31. The molecular formula is C30H25F3N4O5. The Kier molecular flexibility index (Phi) is 8.23. The first-order valence-corrected chi connectivity index (χ1v) is 12.9. The van der Waals surface area contributed by atoms with E-state index in [2.05, 4.69) is 15.1 Å². The van der Waals surface area contributed by atoms with Crippen LogP contribution in [0.1, 0.15) is 34.6 Å². The molecule has 0 radical (unpaired) electrons. The molecule has 0 bridgehead atoms. The zero-order valence-corrected chi connectivity index (χ0v) is 22.3. The van der Waals surface area contributed by atoms with Gasteiger partial charge in [0.1, 0.15) is 23.8 Å². The number of carbonyl (C=O) groups is 1. The molecule has 0 spiro atoms. The number of benzene rings is 2. The number of alkyl halides is 3. The molecule has 12 heteroatoms. The molecule has 0 atom stereocenters. The fraction of sp³-hybridized carbons (Fsp3) is 0.200. The molecule has 3 aromatic heterocycles. The number of hydrogen-bond donors (Lipinski definition) is 1. The average molecular weight is 579 g/mol. The molecule has 0 amide bonds. The number of rotatable bonds is 11. The van der Waals surface area contributed by atoms with E-state index in [1.807, 2.05) is 49.4 Å². The smallest absolute Gasteiger partial charge is 0.417 e. The molecule has 2 aromatic carbocycles. The van der Waals surface area contributed by atoms with Gasteiger partial charge in [-0.1, -0.05) is 30.3 Å². The summed E-state index contributed by atoms with van der Waals surface area (Å²) in [6.45, 7) is 2.39. The molecule has 42 heavy (non-hydrogen) atoms. The SMILES string of the molecule is Cc1oc(-c2ccccc2)nc1COc1ccc(Cn2cc(CCC(=O)O)c(Oc3ccc(C(F)(F)F)cn3)n2)cc1. The van der Waals surface area contributed by atoms with E-state index in [1.165, 1.54) is 0 Å². The summed E-state index contributed by atoms with van der Waals surface area (Å²) < 4.78 is 57.4. The standard InChI is InChI=1S/C30H25F3N4O5/c1-19-25(35-28(41-19)21-5-3-2-4-6-21)18-40-24-11-7-20(8-12-24)16-37-17-22(9-14-27(38)39)29(36-37)42-26-13-10-23(15-34-26)30(31,32)33/h2-8,10-13,15,17H,9,14,16,18H2,1H3,(H,38,39). The molecule has 216 valence electrons. The lowest BCUT2D eigenvalue weighted by molar-refractivity contribution is -0.138. The van der Waals surface area contributed by atoms with Gasteiger partial charge in [0, 0.05) is 36.0 Å². The third kappa shape index (κ3) is 7.14. The predicted molar refractivity (Wildman–Crippen MR) is 144 cm³/mol. The summed E-state index contributed by atoms with van der Waals surface area (Å²) in [6, 6.07) is 18.9. The average Bonchev–Trinajstić information content (AvgIpc) is 3.53. The number of hydrogen-bond acceptors (Lipinski definition) is 7. The number of halogens is 3. The molecule has 3 heterocycles.